The smallest absolute Gasteiger partial charge is 0.416 e. The zero-order valence-corrected chi connectivity index (χ0v) is 18.9. The first kappa shape index (κ1) is 23.5. The summed E-state index contributed by atoms with van der Waals surface area (Å²) in [5.41, 5.74) is -1.25. The SMILES string of the molecule is O=C(NCc1ccc2c(c1)OCO2)[C@@H]1COC2(CCCCC2)N1C(=O)c1cccc(C(F)(F)F)c1. The van der Waals surface area contributed by atoms with Crippen LogP contribution in [0.25, 0.3) is 0 Å². The second kappa shape index (κ2) is 9.07. The summed E-state index contributed by atoms with van der Waals surface area (Å²) in [6.45, 7) is 0.307. The van der Waals surface area contributed by atoms with Crippen molar-refractivity contribution < 1.29 is 37.0 Å². The van der Waals surface area contributed by atoms with Gasteiger partial charge in [0, 0.05) is 12.1 Å². The molecule has 1 N–H and O–H groups in total. The van der Waals surface area contributed by atoms with Gasteiger partial charge in [0.05, 0.1) is 12.2 Å². The van der Waals surface area contributed by atoms with Gasteiger partial charge < -0.3 is 19.5 Å². The normalized spacial score (nSPS) is 20.8. The first-order chi connectivity index (χ1) is 16.8. The number of nitrogens with zero attached hydrogens (tertiary/aromatic N) is 1. The van der Waals surface area contributed by atoms with Gasteiger partial charge in [0.25, 0.3) is 5.91 Å². The fraction of sp³-hybridized carbons (Fsp3) is 0.440. The summed E-state index contributed by atoms with van der Waals surface area (Å²) in [5, 5.41) is 2.84. The Kier molecular flexibility index (Phi) is 6.08. The van der Waals surface area contributed by atoms with E-state index in [0.29, 0.717) is 24.3 Å². The van der Waals surface area contributed by atoms with Crippen LogP contribution in [-0.4, -0.2) is 41.9 Å². The van der Waals surface area contributed by atoms with E-state index in [1.54, 1.807) is 18.2 Å². The summed E-state index contributed by atoms with van der Waals surface area (Å²) in [7, 11) is 0. The monoisotopic (exact) mass is 490 g/mol. The summed E-state index contributed by atoms with van der Waals surface area (Å²) in [5.74, 6) is 0.147. The van der Waals surface area contributed by atoms with Crippen LogP contribution in [0.5, 0.6) is 11.5 Å². The van der Waals surface area contributed by atoms with E-state index in [1.807, 2.05) is 0 Å². The zero-order valence-electron chi connectivity index (χ0n) is 18.9. The molecule has 0 unspecified atom stereocenters. The number of benzene rings is 2. The van der Waals surface area contributed by atoms with Crippen LogP contribution in [0.3, 0.4) is 0 Å². The van der Waals surface area contributed by atoms with E-state index in [1.165, 1.54) is 17.0 Å². The van der Waals surface area contributed by atoms with Crippen LogP contribution in [0.2, 0.25) is 0 Å². The van der Waals surface area contributed by atoms with Gasteiger partial charge in [0.2, 0.25) is 12.7 Å². The van der Waals surface area contributed by atoms with E-state index in [9.17, 15) is 22.8 Å². The highest BCUT2D eigenvalue weighted by Gasteiger charge is 2.53. The van der Waals surface area contributed by atoms with Gasteiger partial charge >= 0.3 is 6.18 Å². The van der Waals surface area contributed by atoms with Gasteiger partial charge in [-0.05, 0) is 61.6 Å². The van der Waals surface area contributed by atoms with Crippen molar-refractivity contribution >= 4 is 11.8 Å². The maximum absolute atomic E-state index is 13.6. The first-order valence-electron chi connectivity index (χ1n) is 11.6. The lowest BCUT2D eigenvalue weighted by Crippen LogP contribution is -2.56. The zero-order chi connectivity index (χ0) is 24.6. The molecule has 2 aromatic carbocycles. The molecule has 186 valence electrons. The minimum absolute atomic E-state index is 0.0162. The molecule has 1 saturated carbocycles. The lowest BCUT2D eigenvalue weighted by Gasteiger charge is -2.41. The Balaban J connectivity index is 1.38. The van der Waals surface area contributed by atoms with Gasteiger partial charge in [-0.3, -0.25) is 14.5 Å². The molecule has 2 aliphatic heterocycles. The molecule has 7 nitrogen and oxygen atoms in total. The largest absolute Gasteiger partial charge is 0.454 e. The number of rotatable bonds is 4. The van der Waals surface area contributed by atoms with Crippen LogP contribution in [0.15, 0.2) is 42.5 Å². The summed E-state index contributed by atoms with van der Waals surface area (Å²) in [4.78, 5) is 28.2. The summed E-state index contributed by atoms with van der Waals surface area (Å²) < 4.78 is 56.6. The average Bonchev–Trinajstić information content (AvgIpc) is 3.46. The van der Waals surface area contributed by atoms with Crippen molar-refractivity contribution in [2.24, 2.45) is 0 Å². The minimum atomic E-state index is -4.58. The molecule has 2 amide bonds. The van der Waals surface area contributed by atoms with Gasteiger partial charge in [0.15, 0.2) is 11.5 Å². The number of hydrogen-bond donors (Lipinski definition) is 1. The second-order valence-corrected chi connectivity index (χ2v) is 8.99. The van der Waals surface area contributed by atoms with E-state index < -0.39 is 35.3 Å². The van der Waals surface area contributed by atoms with E-state index >= 15 is 0 Å². The minimum Gasteiger partial charge on any atom is -0.454 e. The maximum Gasteiger partial charge on any atom is 0.416 e. The molecule has 10 heteroatoms. The van der Waals surface area contributed by atoms with E-state index in [4.69, 9.17) is 14.2 Å². The van der Waals surface area contributed by atoms with Crippen LogP contribution < -0.4 is 14.8 Å². The molecule has 35 heavy (non-hydrogen) atoms. The number of nitrogens with one attached hydrogen (secondary N) is 1. The van der Waals surface area contributed by atoms with Crippen molar-refractivity contribution in [3.05, 3.63) is 59.2 Å². The summed E-state index contributed by atoms with van der Waals surface area (Å²) in [6, 6.07) is 8.66. The standard InChI is InChI=1S/C25H25F3N2O5/c26-25(27,28)18-6-4-5-17(12-18)23(32)30-19(14-35-24(30)9-2-1-3-10-24)22(31)29-13-16-7-8-20-21(11-16)34-15-33-20/h4-8,11-12,19H,1-3,9-10,13-15H2,(H,29,31)/t19-/m0/s1. The molecular formula is C25H25F3N2O5. The Morgan fingerprint density at radius 3 is 2.57 bits per heavy atom. The molecular weight excluding hydrogens is 465 g/mol. The predicted octanol–water partition coefficient (Wildman–Crippen LogP) is 4.25. The number of halogens is 3. The first-order valence-corrected chi connectivity index (χ1v) is 11.6. The van der Waals surface area contributed by atoms with Crippen LogP contribution in [0.4, 0.5) is 13.2 Å². The van der Waals surface area contributed by atoms with Gasteiger partial charge in [-0.2, -0.15) is 13.2 Å². The maximum atomic E-state index is 13.6. The van der Waals surface area contributed by atoms with Crippen molar-refractivity contribution in [1.82, 2.24) is 10.2 Å². The molecule has 1 saturated heterocycles. The van der Waals surface area contributed by atoms with Crippen molar-refractivity contribution in [3.8, 4) is 11.5 Å². The van der Waals surface area contributed by atoms with Crippen molar-refractivity contribution in [3.63, 3.8) is 0 Å². The molecule has 1 atom stereocenters. The molecule has 5 rings (SSSR count). The number of hydrogen-bond acceptors (Lipinski definition) is 5. The van der Waals surface area contributed by atoms with Crippen LogP contribution in [0.1, 0.15) is 53.6 Å². The third-order valence-electron chi connectivity index (χ3n) is 6.76. The van der Waals surface area contributed by atoms with Crippen molar-refractivity contribution in [2.75, 3.05) is 13.4 Å². The van der Waals surface area contributed by atoms with Crippen molar-refractivity contribution in [2.45, 2.75) is 56.6 Å². The molecule has 0 bridgehead atoms. The Morgan fingerprint density at radius 1 is 1.03 bits per heavy atom. The lowest BCUT2D eigenvalue weighted by atomic mass is 9.89. The number of fused-ring (bicyclic) bond motifs is 1. The number of carbonyl (C=O) groups is 2. The quantitative estimate of drug-likeness (QED) is 0.694. The van der Waals surface area contributed by atoms with Gasteiger partial charge in [-0.1, -0.05) is 18.6 Å². The summed E-state index contributed by atoms with van der Waals surface area (Å²) >= 11 is 0. The number of carbonyl (C=O) groups excluding carboxylic acids is 2. The highest BCUT2D eigenvalue weighted by Crippen LogP contribution is 2.42. The summed E-state index contributed by atoms with van der Waals surface area (Å²) in [6.07, 6.45) is -0.942. The Hall–Kier alpha value is -3.27. The van der Waals surface area contributed by atoms with E-state index in [0.717, 1.165) is 37.0 Å². The topological polar surface area (TPSA) is 77.1 Å². The lowest BCUT2D eigenvalue weighted by molar-refractivity contribution is -0.137. The van der Waals surface area contributed by atoms with Crippen LogP contribution in [-0.2, 0) is 22.3 Å². The number of alkyl halides is 3. The van der Waals surface area contributed by atoms with Crippen molar-refractivity contribution in [1.29, 1.82) is 0 Å². The Labute approximate surface area is 200 Å². The fourth-order valence-corrected chi connectivity index (χ4v) is 5.00. The highest BCUT2D eigenvalue weighted by atomic mass is 19.4. The molecule has 0 aromatic heterocycles. The highest BCUT2D eigenvalue weighted by molar-refractivity contribution is 5.98. The van der Waals surface area contributed by atoms with Gasteiger partial charge in [-0.15, -0.1) is 0 Å². The van der Waals surface area contributed by atoms with Crippen LogP contribution in [0, 0.1) is 0 Å². The third-order valence-corrected chi connectivity index (χ3v) is 6.76. The van der Waals surface area contributed by atoms with Gasteiger partial charge in [-0.25, -0.2) is 0 Å². The number of amides is 2. The number of ether oxygens (including phenoxy) is 3. The molecule has 0 radical (unpaired) electrons. The molecule has 3 aliphatic rings. The second-order valence-electron chi connectivity index (χ2n) is 8.99. The average molecular weight is 490 g/mol. The fourth-order valence-electron chi connectivity index (χ4n) is 5.00. The Bertz CT molecular complexity index is 1130. The van der Waals surface area contributed by atoms with E-state index in [-0.39, 0.29) is 25.5 Å². The Morgan fingerprint density at radius 2 is 1.80 bits per heavy atom. The predicted molar refractivity (Wildman–Crippen MR) is 118 cm³/mol. The van der Waals surface area contributed by atoms with Crippen LogP contribution >= 0.6 is 0 Å². The molecule has 2 heterocycles. The molecule has 2 fully saturated rings. The molecule has 1 spiro atoms. The van der Waals surface area contributed by atoms with E-state index in [2.05, 4.69) is 5.32 Å². The molecule has 1 aliphatic carbocycles. The van der Waals surface area contributed by atoms with Gasteiger partial charge in [0.1, 0.15) is 11.8 Å². The molecule has 2 aromatic rings. The third kappa shape index (κ3) is 4.54.